The zero-order chi connectivity index (χ0) is 13.0. The summed E-state index contributed by atoms with van der Waals surface area (Å²) in [4.78, 5) is 10.7. The smallest absolute Gasteiger partial charge is 0.216 e. The normalized spacial score (nSPS) is 14.1. The molecule has 0 radical (unpaired) electrons. The van der Waals surface area contributed by atoms with Crippen LogP contribution < -0.4 is 11.1 Å². The van der Waals surface area contributed by atoms with E-state index >= 15 is 0 Å². The molecule has 94 valence electrons. The van der Waals surface area contributed by atoms with Gasteiger partial charge in [-0.05, 0) is 12.1 Å². The first-order valence-electron chi connectivity index (χ1n) is 5.07. The highest BCUT2D eigenvalue weighted by Gasteiger charge is 2.20. The molecule has 1 rings (SSSR count). The van der Waals surface area contributed by atoms with Gasteiger partial charge in [-0.2, -0.15) is 0 Å². The van der Waals surface area contributed by atoms with Crippen molar-refractivity contribution >= 4 is 23.2 Å². The van der Waals surface area contributed by atoms with Gasteiger partial charge in [0, 0.05) is 29.7 Å². The molecule has 0 aliphatic heterocycles. The van der Waals surface area contributed by atoms with Crippen LogP contribution in [0.1, 0.15) is 18.6 Å². The molecule has 0 spiro atoms. The average Bonchev–Trinajstić information content (AvgIpc) is 2.25. The molecule has 0 heterocycles. The second kappa shape index (κ2) is 5.86. The Morgan fingerprint density at radius 3 is 2.71 bits per heavy atom. The Bertz CT molecular complexity index is 412. The zero-order valence-electron chi connectivity index (χ0n) is 9.35. The molecule has 1 amide bonds. The Morgan fingerprint density at radius 2 is 2.18 bits per heavy atom. The topological polar surface area (TPSA) is 95.6 Å². The van der Waals surface area contributed by atoms with Crippen molar-refractivity contribution in [3.8, 4) is 0 Å². The maximum Gasteiger partial charge on any atom is 0.216 e. The van der Waals surface area contributed by atoms with Gasteiger partial charge in [-0.1, -0.05) is 17.7 Å². The minimum Gasteiger partial charge on any atom is -0.399 e. The first-order chi connectivity index (χ1) is 7.91. The van der Waals surface area contributed by atoms with Crippen LogP contribution in [0.3, 0.4) is 0 Å². The molecule has 0 aliphatic carbocycles. The number of aliphatic hydroxyl groups is 2. The number of rotatable bonds is 4. The lowest BCUT2D eigenvalue weighted by atomic mass is 10.0. The minimum absolute atomic E-state index is 0.0444. The lowest BCUT2D eigenvalue weighted by molar-refractivity contribution is -0.119. The highest BCUT2D eigenvalue weighted by molar-refractivity contribution is 6.31. The number of benzene rings is 1. The van der Waals surface area contributed by atoms with Gasteiger partial charge < -0.3 is 21.3 Å². The van der Waals surface area contributed by atoms with Crippen LogP contribution in [0.15, 0.2) is 18.2 Å². The lowest BCUT2D eigenvalue weighted by Gasteiger charge is -2.19. The molecule has 0 aromatic heterocycles. The van der Waals surface area contributed by atoms with Gasteiger partial charge in [-0.3, -0.25) is 4.79 Å². The van der Waals surface area contributed by atoms with E-state index in [0.29, 0.717) is 11.3 Å². The van der Waals surface area contributed by atoms with E-state index in [2.05, 4.69) is 5.32 Å². The van der Waals surface area contributed by atoms with Crippen LogP contribution >= 0.6 is 11.6 Å². The predicted octanol–water partition coefficient (Wildman–Crippen LogP) is 0.453. The fraction of sp³-hybridized carbons (Fsp3) is 0.364. The Labute approximate surface area is 104 Å². The van der Waals surface area contributed by atoms with E-state index in [4.69, 9.17) is 17.3 Å². The molecular weight excluding hydrogens is 244 g/mol. The van der Waals surface area contributed by atoms with Crippen LogP contribution in [0.25, 0.3) is 0 Å². The largest absolute Gasteiger partial charge is 0.399 e. The van der Waals surface area contributed by atoms with Gasteiger partial charge in [0.1, 0.15) is 12.2 Å². The van der Waals surface area contributed by atoms with E-state index in [9.17, 15) is 15.0 Å². The molecule has 0 aliphatic rings. The van der Waals surface area contributed by atoms with Gasteiger partial charge in [0.15, 0.2) is 0 Å². The summed E-state index contributed by atoms with van der Waals surface area (Å²) in [6, 6.07) is 4.61. The Hall–Kier alpha value is -1.30. The molecule has 0 saturated carbocycles. The van der Waals surface area contributed by atoms with Gasteiger partial charge in [-0.25, -0.2) is 0 Å². The number of nitrogens with two attached hydrogens (primary N) is 1. The number of carbonyl (C=O) groups is 1. The van der Waals surface area contributed by atoms with E-state index in [1.165, 1.54) is 13.0 Å². The Kier molecular flexibility index (Phi) is 4.74. The summed E-state index contributed by atoms with van der Waals surface area (Å²) >= 11 is 5.89. The van der Waals surface area contributed by atoms with E-state index in [0.717, 1.165) is 0 Å². The summed E-state index contributed by atoms with van der Waals surface area (Å²) < 4.78 is 0. The Balaban J connectivity index is 2.74. The second-order valence-electron chi connectivity index (χ2n) is 3.73. The van der Waals surface area contributed by atoms with Crippen molar-refractivity contribution < 1.29 is 15.0 Å². The van der Waals surface area contributed by atoms with Gasteiger partial charge in [-0.15, -0.1) is 0 Å². The van der Waals surface area contributed by atoms with Gasteiger partial charge in [0.25, 0.3) is 0 Å². The highest BCUT2D eigenvalue weighted by Crippen LogP contribution is 2.27. The summed E-state index contributed by atoms with van der Waals surface area (Å²) in [6.45, 7) is 1.28. The molecule has 6 heteroatoms. The fourth-order valence-corrected chi connectivity index (χ4v) is 1.65. The standard InChI is InChI=1S/C11H15ClN2O3/c1-6(15)14-5-10(16)11(17)8-3-2-7(13)4-9(8)12/h2-4,10-11,16-17H,5,13H2,1H3,(H,14,15). The monoisotopic (exact) mass is 258 g/mol. The number of hydrogen-bond donors (Lipinski definition) is 4. The lowest BCUT2D eigenvalue weighted by Crippen LogP contribution is -2.34. The molecular formula is C11H15ClN2O3. The summed E-state index contributed by atoms with van der Waals surface area (Å²) in [5.41, 5.74) is 6.36. The average molecular weight is 259 g/mol. The molecule has 0 bridgehead atoms. The number of anilines is 1. The number of carbonyl (C=O) groups excluding carboxylic acids is 1. The number of halogens is 1. The SMILES string of the molecule is CC(=O)NCC(O)C(O)c1ccc(N)cc1Cl. The first kappa shape index (κ1) is 13.8. The maximum atomic E-state index is 10.7. The van der Waals surface area contributed by atoms with E-state index in [1.54, 1.807) is 12.1 Å². The molecule has 1 aromatic carbocycles. The third kappa shape index (κ3) is 3.89. The van der Waals surface area contributed by atoms with E-state index in [1.807, 2.05) is 0 Å². The first-order valence-corrected chi connectivity index (χ1v) is 5.45. The van der Waals surface area contributed by atoms with Gasteiger partial charge in [0.2, 0.25) is 5.91 Å². The van der Waals surface area contributed by atoms with Gasteiger partial charge in [0.05, 0.1) is 0 Å². The van der Waals surface area contributed by atoms with E-state index < -0.39 is 12.2 Å². The molecule has 5 nitrogen and oxygen atoms in total. The number of nitrogen functional groups attached to an aromatic ring is 1. The number of amides is 1. The van der Waals surface area contributed by atoms with Crippen molar-refractivity contribution in [1.29, 1.82) is 0 Å². The van der Waals surface area contributed by atoms with Crippen molar-refractivity contribution in [2.24, 2.45) is 0 Å². The third-order valence-electron chi connectivity index (χ3n) is 2.27. The van der Waals surface area contributed by atoms with Gasteiger partial charge >= 0.3 is 0 Å². The second-order valence-corrected chi connectivity index (χ2v) is 4.14. The summed E-state index contributed by atoms with van der Waals surface area (Å²) in [7, 11) is 0. The highest BCUT2D eigenvalue weighted by atomic mass is 35.5. The molecule has 0 fully saturated rings. The number of aliphatic hydroxyl groups excluding tert-OH is 2. The number of nitrogens with one attached hydrogen (secondary N) is 1. The molecule has 2 atom stereocenters. The molecule has 5 N–H and O–H groups in total. The predicted molar refractivity (Wildman–Crippen MR) is 65.5 cm³/mol. The molecule has 0 saturated heterocycles. The van der Waals surface area contributed by atoms with Crippen LogP contribution in [-0.2, 0) is 4.79 Å². The van der Waals surface area contributed by atoms with Crippen LogP contribution in [0.5, 0.6) is 0 Å². The van der Waals surface area contributed by atoms with Crippen molar-refractivity contribution in [3.05, 3.63) is 28.8 Å². The van der Waals surface area contributed by atoms with Crippen LogP contribution in [0, 0.1) is 0 Å². The summed E-state index contributed by atoms with van der Waals surface area (Å²) in [5, 5.41) is 22.2. The van der Waals surface area contributed by atoms with E-state index in [-0.39, 0.29) is 17.5 Å². The molecule has 17 heavy (non-hydrogen) atoms. The van der Waals surface area contributed by atoms with Crippen molar-refractivity contribution in [2.75, 3.05) is 12.3 Å². The zero-order valence-corrected chi connectivity index (χ0v) is 10.1. The number of hydrogen-bond acceptors (Lipinski definition) is 4. The van der Waals surface area contributed by atoms with Crippen molar-refractivity contribution in [1.82, 2.24) is 5.32 Å². The van der Waals surface area contributed by atoms with Crippen molar-refractivity contribution in [2.45, 2.75) is 19.1 Å². The quantitative estimate of drug-likeness (QED) is 0.590. The van der Waals surface area contributed by atoms with Crippen LogP contribution in [0.2, 0.25) is 5.02 Å². The summed E-state index contributed by atoms with van der Waals surface area (Å²) in [5.74, 6) is -0.278. The van der Waals surface area contributed by atoms with Crippen molar-refractivity contribution in [3.63, 3.8) is 0 Å². The molecule has 2 unspecified atom stereocenters. The van der Waals surface area contributed by atoms with Crippen LogP contribution in [-0.4, -0.2) is 28.8 Å². The molecule has 1 aromatic rings. The fourth-order valence-electron chi connectivity index (χ4n) is 1.35. The summed E-state index contributed by atoms with van der Waals surface area (Å²) in [6.07, 6.45) is -2.30. The maximum absolute atomic E-state index is 10.7. The minimum atomic E-state index is -1.17. The third-order valence-corrected chi connectivity index (χ3v) is 2.60. The Morgan fingerprint density at radius 1 is 1.53 bits per heavy atom. The van der Waals surface area contributed by atoms with Crippen LogP contribution in [0.4, 0.5) is 5.69 Å².